The van der Waals surface area contributed by atoms with Crippen molar-refractivity contribution in [2.45, 2.75) is 26.3 Å². The topological polar surface area (TPSA) is 83.4 Å². The van der Waals surface area contributed by atoms with Crippen molar-refractivity contribution < 1.29 is 14.3 Å². The predicted octanol–water partition coefficient (Wildman–Crippen LogP) is 1.99. The number of nitrogens with zero attached hydrogens (tertiary/aromatic N) is 1. The van der Waals surface area contributed by atoms with Crippen LogP contribution in [-0.2, 0) is 4.79 Å². The van der Waals surface area contributed by atoms with Crippen molar-refractivity contribution in [1.29, 1.82) is 5.26 Å². The minimum absolute atomic E-state index is 0.0395. The van der Waals surface area contributed by atoms with Crippen molar-refractivity contribution >= 4 is 5.91 Å². The van der Waals surface area contributed by atoms with E-state index in [4.69, 9.17) is 14.7 Å². The minimum Gasteiger partial charge on any atom is -0.497 e. The van der Waals surface area contributed by atoms with E-state index >= 15 is 0 Å². The molecule has 1 unspecified atom stereocenters. The third-order valence-corrected chi connectivity index (χ3v) is 3.18. The molecule has 0 bridgehead atoms. The summed E-state index contributed by atoms with van der Waals surface area (Å²) in [7, 11) is 1.61. The summed E-state index contributed by atoms with van der Waals surface area (Å²) in [4.78, 5) is 11.8. The number of hydrogen-bond acceptors (Lipinski definition) is 5. The molecule has 6 heteroatoms. The van der Waals surface area contributed by atoms with Crippen LogP contribution < -0.4 is 20.1 Å². The van der Waals surface area contributed by atoms with Crippen molar-refractivity contribution in [3.05, 3.63) is 36.0 Å². The quantitative estimate of drug-likeness (QED) is 0.413. The molecule has 124 valence electrons. The number of carbonyl (C=O) groups is 1. The molecule has 23 heavy (non-hydrogen) atoms. The molecule has 0 aliphatic heterocycles. The van der Waals surface area contributed by atoms with Gasteiger partial charge in [0.05, 0.1) is 7.11 Å². The van der Waals surface area contributed by atoms with Crippen LogP contribution in [0.5, 0.6) is 11.5 Å². The van der Waals surface area contributed by atoms with E-state index in [0.29, 0.717) is 13.2 Å². The second-order valence-electron chi connectivity index (χ2n) is 4.93. The van der Waals surface area contributed by atoms with Crippen molar-refractivity contribution in [2.75, 3.05) is 20.3 Å². The van der Waals surface area contributed by atoms with E-state index in [1.165, 1.54) is 6.20 Å². The molecule has 2 N–H and O–H groups in total. The van der Waals surface area contributed by atoms with Gasteiger partial charge in [0, 0.05) is 18.8 Å². The van der Waals surface area contributed by atoms with Crippen molar-refractivity contribution in [1.82, 2.24) is 10.6 Å². The summed E-state index contributed by atoms with van der Waals surface area (Å²) in [6, 6.07) is 9.18. The first-order valence-electron chi connectivity index (χ1n) is 7.52. The van der Waals surface area contributed by atoms with Crippen LogP contribution in [0.1, 0.15) is 20.3 Å². The Bertz CT molecular complexity index is 561. The van der Waals surface area contributed by atoms with E-state index in [1.807, 2.05) is 44.2 Å². The predicted molar refractivity (Wildman–Crippen MR) is 88.1 cm³/mol. The zero-order valence-electron chi connectivity index (χ0n) is 13.8. The molecule has 0 spiro atoms. The van der Waals surface area contributed by atoms with Gasteiger partial charge in [0.2, 0.25) is 0 Å². The normalized spacial score (nSPS) is 12.0. The summed E-state index contributed by atoms with van der Waals surface area (Å²) in [5.41, 5.74) is 0.0507. The molecule has 6 nitrogen and oxygen atoms in total. The van der Waals surface area contributed by atoms with Crippen molar-refractivity contribution in [3.8, 4) is 17.6 Å². The molecule has 0 fully saturated rings. The third kappa shape index (κ3) is 6.74. The van der Waals surface area contributed by atoms with Gasteiger partial charge in [-0.05, 0) is 37.6 Å². The van der Waals surface area contributed by atoms with Gasteiger partial charge in [-0.1, -0.05) is 6.92 Å². The highest BCUT2D eigenvalue weighted by Gasteiger charge is 2.10. The highest BCUT2D eigenvalue weighted by molar-refractivity contribution is 5.97. The first-order chi connectivity index (χ1) is 11.1. The molecule has 0 saturated heterocycles. The fourth-order valence-electron chi connectivity index (χ4n) is 1.63. The SMILES string of the molecule is CCC(C)NC(=O)/C(C#N)=C\NCCOc1ccc(OC)cc1. The van der Waals surface area contributed by atoms with Gasteiger partial charge in [0.1, 0.15) is 29.7 Å². The Morgan fingerprint density at radius 3 is 2.57 bits per heavy atom. The lowest BCUT2D eigenvalue weighted by Gasteiger charge is -2.10. The Balaban J connectivity index is 2.35. The standard InChI is InChI=1S/C17H23N3O3/c1-4-13(2)20-17(21)14(11-18)12-19-9-10-23-16-7-5-15(22-3)6-8-16/h5-8,12-13,19H,4,9-10H2,1-3H3,(H,20,21)/b14-12-. The first-order valence-corrected chi connectivity index (χ1v) is 7.52. The summed E-state index contributed by atoms with van der Waals surface area (Å²) in [6.07, 6.45) is 2.22. The number of hydrogen-bond donors (Lipinski definition) is 2. The molecule has 1 aromatic carbocycles. The van der Waals surface area contributed by atoms with Crippen LogP contribution in [0, 0.1) is 11.3 Å². The van der Waals surface area contributed by atoms with Gasteiger partial charge in [0.25, 0.3) is 5.91 Å². The van der Waals surface area contributed by atoms with E-state index in [1.54, 1.807) is 7.11 Å². The van der Waals surface area contributed by atoms with Crippen molar-refractivity contribution in [2.24, 2.45) is 0 Å². The Labute approximate surface area is 137 Å². The lowest BCUT2D eigenvalue weighted by atomic mass is 10.2. The molecular formula is C17H23N3O3. The van der Waals surface area contributed by atoms with Crippen LogP contribution in [-0.4, -0.2) is 32.2 Å². The zero-order chi connectivity index (χ0) is 17.1. The van der Waals surface area contributed by atoms with Gasteiger partial charge in [-0.3, -0.25) is 4.79 Å². The molecule has 1 amide bonds. The van der Waals surface area contributed by atoms with Crippen LogP contribution >= 0.6 is 0 Å². The number of nitrogens with one attached hydrogen (secondary N) is 2. The number of methoxy groups -OCH3 is 1. The third-order valence-electron chi connectivity index (χ3n) is 3.18. The second-order valence-corrected chi connectivity index (χ2v) is 4.93. The van der Waals surface area contributed by atoms with E-state index in [0.717, 1.165) is 17.9 Å². The molecule has 0 aliphatic rings. The lowest BCUT2D eigenvalue weighted by molar-refractivity contribution is -0.117. The average Bonchev–Trinajstić information content (AvgIpc) is 2.58. The zero-order valence-corrected chi connectivity index (χ0v) is 13.8. The molecule has 0 aromatic heterocycles. The molecule has 0 radical (unpaired) electrons. The molecular weight excluding hydrogens is 294 g/mol. The number of amides is 1. The van der Waals surface area contributed by atoms with Crippen LogP contribution in [0.3, 0.4) is 0 Å². The largest absolute Gasteiger partial charge is 0.497 e. The van der Waals surface area contributed by atoms with Gasteiger partial charge in [-0.25, -0.2) is 0 Å². The van der Waals surface area contributed by atoms with Gasteiger partial charge in [-0.15, -0.1) is 0 Å². The van der Waals surface area contributed by atoms with E-state index in [2.05, 4.69) is 10.6 Å². The molecule has 0 aliphatic carbocycles. The van der Waals surface area contributed by atoms with E-state index in [-0.39, 0.29) is 17.5 Å². The molecule has 0 saturated carbocycles. The highest BCUT2D eigenvalue weighted by Crippen LogP contribution is 2.16. The van der Waals surface area contributed by atoms with Gasteiger partial charge in [-0.2, -0.15) is 5.26 Å². The van der Waals surface area contributed by atoms with Crippen LogP contribution in [0.2, 0.25) is 0 Å². The Morgan fingerprint density at radius 1 is 1.35 bits per heavy atom. The maximum absolute atomic E-state index is 11.8. The van der Waals surface area contributed by atoms with Crippen molar-refractivity contribution in [3.63, 3.8) is 0 Å². The smallest absolute Gasteiger partial charge is 0.263 e. The summed E-state index contributed by atoms with van der Waals surface area (Å²) >= 11 is 0. The molecule has 1 atom stereocenters. The van der Waals surface area contributed by atoms with Gasteiger partial charge < -0.3 is 20.1 Å². The van der Waals surface area contributed by atoms with E-state index in [9.17, 15) is 4.79 Å². The number of nitriles is 1. The summed E-state index contributed by atoms with van der Waals surface area (Å²) < 4.78 is 10.6. The lowest BCUT2D eigenvalue weighted by Crippen LogP contribution is -2.33. The summed E-state index contributed by atoms with van der Waals surface area (Å²) in [5, 5.41) is 14.7. The van der Waals surface area contributed by atoms with E-state index < -0.39 is 0 Å². The highest BCUT2D eigenvalue weighted by atomic mass is 16.5. The number of carbonyl (C=O) groups excluding carboxylic acids is 1. The summed E-state index contributed by atoms with van der Waals surface area (Å²) in [5.74, 6) is 1.13. The molecule has 1 rings (SSSR count). The maximum Gasteiger partial charge on any atom is 0.263 e. The fraction of sp³-hybridized carbons (Fsp3) is 0.412. The monoisotopic (exact) mass is 317 g/mol. The number of rotatable bonds is 9. The van der Waals surface area contributed by atoms with Gasteiger partial charge in [0.15, 0.2) is 0 Å². The van der Waals surface area contributed by atoms with Crippen LogP contribution in [0.25, 0.3) is 0 Å². The maximum atomic E-state index is 11.8. The molecule has 0 heterocycles. The summed E-state index contributed by atoms with van der Waals surface area (Å²) in [6.45, 7) is 4.75. The van der Waals surface area contributed by atoms with Gasteiger partial charge >= 0.3 is 0 Å². The average molecular weight is 317 g/mol. The Morgan fingerprint density at radius 2 is 2.00 bits per heavy atom. The Kier molecular flexibility index (Phi) is 8.08. The second kappa shape index (κ2) is 10.1. The fourth-order valence-corrected chi connectivity index (χ4v) is 1.63. The minimum atomic E-state index is -0.370. The number of ether oxygens (including phenoxy) is 2. The Hall–Kier alpha value is -2.68. The molecule has 1 aromatic rings. The number of benzene rings is 1. The first kappa shape index (κ1) is 18.4. The van der Waals surface area contributed by atoms with Crippen LogP contribution in [0.4, 0.5) is 0 Å². The van der Waals surface area contributed by atoms with Crippen LogP contribution in [0.15, 0.2) is 36.0 Å².